The Kier molecular flexibility index (Phi) is 7.02. The highest BCUT2D eigenvalue weighted by Crippen LogP contribution is 2.10. The van der Waals surface area contributed by atoms with Crippen LogP contribution >= 0.6 is 0 Å². The Morgan fingerprint density at radius 1 is 0.923 bits per heavy atom. The van der Waals surface area contributed by atoms with Crippen LogP contribution in [0, 0.1) is 5.82 Å². The first kappa shape index (κ1) is 19.3. The fourth-order valence-corrected chi connectivity index (χ4v) is 2.42. The van der Waals surface area contributed by atoms with Gasteiger partial charge in [-0.3, -0.25) is 25.2 Å². The number of amides is 2. The lowest BCUT2D eigenvalue weighted by molar-refractivity contribution is -0.121. The number of benzene rings is 2. The molecular weight excluding hydrogens is 335 g/mol. The van der Waals surface area contributed by atoms with E-state index in [1.165, 1.54) is 18.2 Å². The van der Waals surface area contributed by atoms with Crippen LogP contribution in [0.5, 0.6) is 0 Å². The van der Waals surface area contributed by atoms with Crippen molar-refractivity contribution in [1.29, 1.82) is 0 Å². The maximum Gasteiger partial charge on any atom is 0.272 e. The van der Waals surface area contributed by atoms with Crippen molar-refractivity contribution in [2.24, 2.45) is 0 Å². The van der Waals surface area contributed by atoms with E-state index < -0.39 is 17.6 Å². The fraction of sp³-hybridized carbons (Fsp3) is 0.250. The van der Waals surface area contributed by atoms with Gasteiger partial charge in [0.1, 0.15) is 5.82 Å². The van der Waals surface area contributed by atoms with Gasteiger partial charge in [0.25, 0.3) is 5.91 Å². The van der Waals surface area contributed by atoms with E-state index in [1.807, 2.05) is 12.1 Å². The lowest BCUT2D eigenvalue weighted by atomic mass is 10.0. The van der Waals surface area contributed by atoms with Gasteiger partial charge < -0.3 is 0 Å². The van der Waals surface area contributed by atoms with E-state index in [0.29, 0.717) is 5.56 Å². The summed E-state index contributed by atoms with van der Waals surface area (Å²) in [5.41, 5.74) is 5.86. The van der Waals surface area contributed by atoms with Crippen molar-refractivity contribution in [2.75, 3.05) is 0 Å². The van der Waals surface area contributed by atoms with Gasteiger partial charge in [-0.05, 0) is 24.1 Å². The average molecular weight is 356 g/mol. The van der Waals surface area contributed by atoms with Crippen molar-refractivity contribution in [3.05, 3.63) is 71.0 Å². The summed E-state index contributed by atoms with van der Waals surface area (Å²) in [5, 5.41) is 0. The van der Waals surface area contributed by atoms with E-state index >= 15 is 0 Å². The van der Waals surface area contributed by atoms with E-state index in [9.17, 15) is 18.8 Å². The van der Waals surface area contributed by atoms with Crippen molar-refractivity contribution >= 4 is 17.6 Å². The molecule has 2 rings (SSSR count). The second-order valence-electron chi connectivity index (χ2n) is 5.85. The Labute approximate surface area is 151 Å². The van der Waals surface area contributed by atoms with Gasteiger partial charge in [0, 0.05) is 18.4 Å². The molecule has 136 valence electrons. The molecular formula is C20H21FN2O3. The normalized spacial score (nSPS) is 10.2. The molecule has 5 nitrogen and oxygen atoms in total. The number of Topliss-reactive ketones (excluding diaryl/α,β-unsaturated/α-hetero) is 1. The largest absolute Gasteiger partial charge is 0.294 e. The Morgan fingerprint density at radius 3 is 2.27 bits per heavy atom. The monoisotopic (exact) mass is 356 g/mol. The van der Waals surface area contributed by atoms with Crippen LogP contribution in [0.4, 0.5) is 4.39 Å². The number of carbonyl (C=O) groups is 3. The molecule has 0 aliphatic heterocycles. The van der Waals surface area contributed by atoms with Crippen LogP contribution < -0.4 is 10.9 Å². The molecule has 2 aromatic rings. The van der Waals surface area contributed by atoms with E-state index in [-0.39, 0.29) is 24.2 Å². The second-order valence-corrected chi connectivity index (χ2v) is 5.85. The van der Waals surface area contributed by atoms with E-state index in [1.54, 1.807) is 12.1 Å². The molecule has 0 fully saturated rings. The zero-order valence-electron chi connectivity index (χ0n) is 14.5. The molecule has 2 N–H and O–H groups in total. The molecule has 0 unspecified atom stereocenters. The number of hydrazine groups is 1. The third-order valence-corrected chi connectivity index (χ3v) is 3.83. The fourth-order valence-electron chi connectivity index (χ4n) is 2.42. The van der Waals surface area contributed by atoms with E-state index in [0.717, 1.165) is 24.5 Å². The zero-order chi connectivity index (χ0) is 18.9. The minimum Gasteiger partial charge on any atom is -0.294 e. The van der Waals surface area contributed by atoms with Gasteiger partial charge in [0.2, 0.25) is 5.91 Å². The predicted molar refractivity (Wildman–Crippen MR) is 96.0 cm³/mol. The molecule has 0 bridgehead atoms. The van der Waals surface area contributed by atoms with Crippen molar-refractivity contribution in [3.8, 4) is 0 Å². The first-order valence-corrected chi connectivity index (χ1v) is 8.47. The minimum absolute atomic E-state index is 0.0223. The summed E-state index contributed by atoms with van der Waals surface area (Å²) in [7, 11) is 0. The topological polar surface area (TPSA) is 75.3 Å². The molecule has 2 amide bonds. The number of hydrogen-bond acceptors (Lipinski definition) is 3. The number of nitrogens with one attached hydrogen (secondary N) is 2. The smallest absolute Gasteiger partial charge is 0.272 e. The molecule has 0 atom stereocenters. The first-order valence-electron chi connectivity index (χ1n) is 8.47. The Morgan fingerprint density at radius 2 is 1.62 bits per heavy atom. The summed E-state index contributed by atoms with van der Waals surface area (Å²) < 4.78 is 13.5. The molecule has 0 spiro atoms. The minimum atomic E-state index is -0.755. The number of carbonyl (C=O) groups excluding carboxylic acids is 3. The third kappa shape index (κ3) is 5.51. The number of rotatable bonds is 7. The van der Waals surface area contributed by atoms with Crippen LogP contribution in [0.15, 0.2) is 48.5 Å². The third-order valence-electron chi connectivity index (χ3n) is 3.83. The Hall–Kier alpha value is -3.02. The van der Waals surface area contributed by atoms with Crippen molar-refractivity contribution in [2.45, 2.75) is 32.6 Å². The van der Waals surface area contributed by atoms with Gasteiger partial charge in [-0.2, -0.15) is 0 Å². The van der Waals surface area contributed by atoms with Crippen molar-refractivity contribution in [1.82, 2.24) is 10.9 Å². The van der Waals surface area contributed by atoms with Gasteiger partial charge in [-0.1, -0.05) is 49.7 Å². The summed E-state index contributed by atoms with van der Waals surface area (Å²) >= 11 is 0. The summed E-state index contributed by atoms with van der Waals surface area (Å²) in [6.07, 6.45) is 1.94. The molecule has 0 aliphatic carbocycles. The molecule has 0 heterocycles. The number of hydrogen-bond donors (Lipinski definition) is 2. The van der Waals surface area contributed by atoms with Gasteiger partial charge in [0.05, 0.1) is 5.56 Å². The van der Waals surface area contributed by atoms with Gasteiger partial charge in [0.15, 0.2) is 5.78 Å². The maximum atomic E-state index is 13.5. The summed E-state index contributed by atoms with van der Waals surface area (Å²) in [4.78, 5) is 35.7. The molecule has 26 heavy (non-hydrogen) atoms. The number of aryl methyl sites for hydroxylation is 1. The Bertz CT molecular complexity index is 788. The van der Waals surface area contributed by atoms with Gasteiger partial charge >= 0.3 is 0 Å². The van der Waals surface area contributed by atoms with E-state index in [2.05, 4.69) is 17.8 Å². The standard InChI is InChI=1S/C20H21FN2O3/c1-2-5-14-8-10-15(11-9-14)18(24)12-13-19(25)22-23-20(26)16-6-3-4-7-17(16)21/h3-4,6-11H,2,5,12-13H2,1H3,(H,22,25)(H,23,26). The lowest BCUT2D eigenvalue weighted by Crippen LogP contribution is -2.42. The molecule has 0 saturated carbocycles. The molecule has 0 aromatic heterocycles. The molecule has 2 aromatic carbocycles. The highest BCUT2D eigenvalue weighted by molar-refractivity contribution is 5.99. The van der Waals surface area contributed by atoms with Crippen LogP contribution in [-0.2, 0) is 11.2 Å². The van der Waals surface area contributed by atoms with Gasteiger partial charge in [-0.25, -0.2) is 4.39 Å². The zero-order valence-corrected chi connectivity index (χ0v) is 14.5. The number of ketones is 1. The molecule has 6 heteroatoms. The summed E-state index contributed by atoms with van der Waals surface area (Å²) in [6.45, 7) is 2.09. The average Bonchev–Trinajstić information content (AvgIpc) is 2.65. The van der Waals surface area contributed by atoms with Crippen LogP contribution in [0.3, 0.4) is 0 Å². The van der Waals surface area contributed by atoms with Crippen molar-refractivity contribution < 1.29 is 18.8 Å². The van der Waals surface area contributed by atoms with E-state index in [4.69, 9.17) is 0 Å². The highest BCUT2D eigenvalue weighted by atomic mass is 19.1. The number of halogens is 1. The highest BCUT2D eigenvalue weighted by Gasteiger charge is 2.13. The van der Waals surface area contributed by atoms with Crippen molar-refractivity contribution in [3.63, 3.8) is 0 Å². The summed E-state index contributed by atoms with van der Waals surface area (Å²) in [6, 6.07) is 12.8. The SMILES string of the molecule is CCCc1ccc(C(=O)CCC(=O)NNC(=O)c2ccccc2F)cc1. The first-order chi connectivity index (χ1) is 12.5. The maximum absolute atomic E-state index is 13.5. The second kappa shape index (κ2) is 9.46. The molecule has 0 radical (unpaired) electrons. The molecule has 0 saturated heterocycles. The van der Waals surface area contributed by atoms with Gasteiger partial charge in [-0.15, -0.1) is 0 Å². The lowest BCUT2D eigenvalue weighted by Gasteiger charge is -2.08. The summed E-state index contributed by atoms with van der Waals surface area (Å²) in [5.74, 6) is -2.11. The Balaban J connectivity index is 1.78. The molecule has 0 aliphatic rings. The quantitative estimate of drug-likeness (QED) is 0.591. The predicted octanol–water partition coefficient (Wildman–Crippen LogP) is 3.20. The van der Waals surface area contributed by atoms with Crippen LogP contribution in [-0.4, -0.2) is 17.6 Å². The van der Waals surface area contributed by atoms with Crippen LogP contribution in [0.25, 0.3) is 0 Å². The van der Waals surface area contributed by atoms with Crippen LogP contribution in [0.1, 0.15) is 52.5 Å². The van der Waals surface area contributed by atoms with Crippen LogP contribution in [0.2, 0.25) is 0 Å².